The molecule has 2 aromatic heterocycles. The lowest BCUT2D eigenvalue weighted by Crippen LogP contribution is -2.38. The van der Waals surface area contributed by atoms with Gasteiger partial charge in [-0.1, -0.05) is 36.9 Å². The van der Waals surface area contributed by atoms with Crippen molar-refractivity contribution in [3.05, 3.63) is 48.0 Å². The quantitative estimate of drug-likeness (QED) is 0.545. The number of rotatable bonds is 7. The molecule has 1 fully saturated rings. The minimum absolute atomic E-state index is 0.271. The van der Waals surface area contributed by atoms with Crippen LogP contribution in [-0.2, 0) is 16.9 Å². The number of aromatic nitrogens is 5. The third-order valence-corrected chi connectivity index (χ3v) is 5.74. The molecule has 0 spiro atoms. The SMILES string of the molecule is CCc1ccccc1-n1c(SCc2nccn2C(F)F)nnc1N1CCOCC1. The number of hydrogen-bond acceptors (Lipinski definition) is 6. The van der Waals surface area contributed by atoms with Gasteiger partial charge in [-0.2, -0.15) is 8.78 Å². The maximum atomic E-state index is 13.1. The molecule has 0 radical (unpaired) electrons. The molecular weight excluding hydrogens is 398 g/mol. The molecule has 0 unspecified atom stereocenters. The molecule has 0 amide bonds. The number of nitrogens with zero attached hydrogens (tertiary/aromatic N) is 6. The zero-order valence-corrected chi connectivity index (χ0v) is 16.9. The van der Waals surface area contributed by atoms with Gasteiger partial charge in [0.2, 0.25) is 5.95 Å². The number of hydrogen-bond donors (Lipinski definition) is 0. The van der Waals surface area contributed by atoms with Gasteiger partial charge in [0.15, 0.2) is 5.16 Å². The van der Waals surface area contributed by atoms with Crippen LogP contribution in [0.4, 0.5) is 14.7 Å². The molecule has 1 aliphatic heterocycles. The second-order valence-electron chi connectivity index (χ2n) is 6.52. The molecular formula is C19H22F2N6OS. The Morgan fingerprint density at radius 1 is 1.17 bits per heavy atom. The number of aryl methyl sites for hydroxylation is 1. The van der Waals surface area contributed by atoms with Gasteiger partial charge >= 0.3 is 6.55 Å². The van der Waals surface area contributed by atoms with Crippen LogP contribution in [-0.4, -0.2) is 50.6 Å². The van der Waals surface area contributed by atoms with Crippen LogP contribution < -0.4 is 4.90 Å². The van der Waals surface area contributed by atoms with Crippen molar-refractivity contribution in [1.29, 1.82) is 0 Å². The number of ether oxygens (including phenoxy) is 1. The number of morpholine rings is 1. The first kappa shape index (κ1) is 19.8. The molecule has 0 bridgehead atoms. The average molecular weight is 420 g/mol. The highest BCUT2D eigenvalue weighted by atomic mass is 32.2. The first-order valence-electron chi connectivity index (χ1n) is 9.48. The van der Waals surface area contributed by atoms with E-state index in [0.717, 1.165) is 41.3 Å². The number of para-hydroxylation sites is 1. The van der Waals surface area contributed by atoms with Gasteiger partial charge in [-0.25, -0.2) is 4.98 Å². The summed E-state index contributed by atoms with van der Waals surface area (Å²) < 4.78 is 34.6. The van der Waals surface area contributed by atoms with Crippen molar-refractivity contribution in [3.63, 3.8) is 0 Å². The first-order chi connectivity index (χ1) is 14.2. The van der Waals surface area contributed by atoms with E-state index < -0.39 is 6.55 Å². The molecule has 3 aromatic rings. The molecule has 10 heteroatoms. The second kappa shape index (κ2) is 8.91. The highest BCUT2D eigenvalue weighted by Gasteiger charge is 2.23. The first-order valence-corrected chi connectivity index (χ1v) is 10.5. The molecule has 0 N–H and O–H groups in total. The van der Waals surface area contributed by atoms with E-state index in [4.69, 9.17) is 4.74 Å². The summed E-state index contributed by atoms with van der Waals surface area (Å²) in [5, 5.41) is 9.47. The predicted octanol–water partition coefficient (Wildman–Crippen LogP) is 3.55. The van der Waals surface area contributed by atoms with Gasteiger partial charge in [-0.05, 0) is 18.1 Å². The molecule has 7 nitrogen and oxygen atoms in total. The van der Waals surface area contributed by atoms with Crippen molar-refractivity contribution in [1.82, 2.24) is 24.3 Å². The largest absolute Gasteiger partial charge is 0.378 e. The Morgan fingerprint density at radius 2 is 1.97 bits per heavy atom. The Hall–Kier alpha value is -2.46. The van der Waals surface area contributed by atoms with E-state index in [0.29, 0.717) is 24.2 Å². The number of halogens is 2. The van der Waals surface area contributed by atoms with Crippen molar-refractivity contribution in [2.45, 2.75) is 30.8 Å². The van der Waals surface area contributed by atoms with E-state index in [-0.39, 0.29) is 5.75 Å². The van der Waals surface area contributed by atoms with Crippen molar-refractivity contribution >= 4 is 17.7 Å². The summed E-state index contributed by atoms with van der Waals surface area (Å²) in [6.45, 7) is 2.22. The molecule has 3 heterocycles. The third-order valence-electron chi connectivity index (χ3n) is 4.81. The molecule has 29 heavy (non-hydrogen) atoms. The van der Waals surface area contributed by atoms with Gasteiger partial charge in [0, 0.05) is 25.5 Å². The van der Waals surface area contributed by atoms with Crippen LogP contribution in [0.5, 0.6) is 0 Å². The molecule has 0 saturated carbocycles. The van der Waals surface area contributed by atoms with Crippen LogP contribution >= 0.6 is 11.8 Å². The van der Waals surface area contributed by atoms with Crippen molar-refractivity contribution in [2.75, 3.05) is 31.2 Å². The summed E-state index contributed by atoms with van der Waals surface area (Å²) in [5.74, 6) is 1.32. The van der Waals surface area contributed by atoms with Gasteiger partial charge in [0.05, 0.1) is 24.7 Å². The minimum atomic E-state index is -2.62. The number of imidazole rings is 1. The van der Waals surface area contributed by atoms with Gasteiger partial charge in [-0.3, -0.25) is 9.13 Å². The molecule has 0 aliphatic carbocycles. The van der Waals surface area contributed by atoms with Crippen molar-refractivity contribution in [2.24, 2.45) is 0 Å². The maximum absolute atomic E-state index is 13.1. The summed E-state index contributed by atoms with van der Waals surface area (Å²) in [4.78, 5) is 6.21. The van der Waals surface area contributed by atoms with Gasteiger partial charge in [0.1, 0.15) is 5.82 Å². The zero-order chi connectivity index (χ0) is 20.2. The van der Waals surface area contributed by atoms with E-state index >= 15 is 0 Å². The van der Waals surface area contributed by atoms with E-state index in [2.05, 4.69) is 33.1 Å². The third kappa shape index (κ3) is 4.13. The lowest BCUT2D eigenvalue weighted by atomic mass is 10.1. The Bertz CT molecular complexity index is 954. The summed E-state index contributed by atoms with van der Waals surface area (Å²) in [6.07, 6.45) is 3.53. The number of thioether (sulfide) groups is 1. The lowest BCUT2D eigenvalue weighted by molar-refractivity contribution is 0.0678. The van der Waals surface area contributed by atoms with Gasteiger partial charge < -0.3 is 9.64 Å². The maximum Gasteiger partial charge on any atom is 0.319 e. The van der Waals surface area contributed by atoms with E-state index in [1.54, 1.807) is 0 Å². The van der Waals surface area contributed by atoms with Crippen LogP contribution in [0.25, 0.3) is 5.69 Å². The Labute approximate surface area is 171 Å². The topological polar surface area (TPSA) is 61.0 Å². The Morgan fingerprint density at radius 3 is 2.72 bits per heavy atom. The Kier molecular flexibility index (Phi) is 6.10. The smallest absolute Gasteiger partial charge is 0.319 e. The normalized spacial score (nSPS) is 14.7. The summed E-state index contributed by atoms with van der Waals surface area (Å²) >= 11 is 1.35. The van der Waals surface area contributed by atoms with Crippen molar-refractivity contribution in [3.8, 4) is 5.69 Å². The minimum Gasteiger partial charge on any atom is -0.378 e. The highest BCUT2D eigenvalue weighted by Crippen LogP contribution is 2.31. The van der Waals surface area contributed by atoms with Crippen LogP contribution in [0, 0.1) is 0 Å². The molecule has 0 atom stereocenters. The Balaban J connectivity index is 1.70. The average Bonchev–Trinajstić information content (AvgIpc) is 3.39. The van der Waals surface area contributed by atoms with E-state index in [9.17, 15) is 8.78 Å². The van der Waals surface area contributed by atoms with Gasteiger partial charge in [0.25, 0.3) is 0 Å². The lowest BCUT2D eigenvalue weighted by Gasteiger charge is -2.28. The summed E-state index contributed by atoms with van der Waals surface area (Å²) in [6, 6.07) is 8.11. The van der Waals surface area contributed by atoms with Crippen LogP contribution in [0.15, 0.2) is 41.8 Å². The monoisotopic (exact) mass is 420 g/mol. The summed E-state index contributed by atoms with van der Waals surface area (Å²) in [5.41, 5.74) is 2.17. The number of benzene rings is 1. The second-order valence-corrected chi connectivity index (χ2v) is 7.46. The molecule has 154 valence electrons. The van der Waals surface area contributed by atoms with Crippen molar-refractivity contribution < 1.29 is 13.5 Å². The fourth-order valence-electron chi connectivity index (χ4n) is 3.33. The molecule has 1 saturated heterocycles. The molecule has 1 aliphatic rings. The fraction of sp³-hybridized carbons (Fsp3) is 0.421. The predicted molar refractivity (Wildman–Crippen MR) is 107 cm³/mol. The fourth-order valence-corrected chi connectivity index (χ4v) is 4.21. The molecule has 1 aromatic carbocycles. The van der Waals surface area contributed by atoms with Crippen LogP contribution in [0.1, 0.15) is 24.9 Å². The number of alkyl halides is 2. The van der Waals surface area contributed by atoms with Crippen LogP contribution in [0.3, 0.4) is 0 Å². The zero-order valence-electron chi connectivity index (χ0n) is 16.0. The van der Waals surface area contributed by atoms with E-state index in [1.165, 1.54) is 24.2 Å². The highest BCUT2D eigenvalue weighted by molar-refractivity contribution is 7.98. The molecule has 4 rings (SSSR count). The standard InChI is InChI=1S/C19H22F2N6OS/c1-2-14-5-3-4-6-15(14)27-18(25-9-11-28-12-10-25)23-24-19(27)29-13-16-22-7-8-26(16)17(20)21/h3-8,17H,2,9-13H2,1H3. The van der Waals surface area contributed by atoms with Gasteiger partial charge in [-0.15, -0.1) is 10.2 Å². The van der Waals surface area contributed by atoms with Crippen LogP contribution in [0.2, 0.25) is 0 Å². The number of anilines is 1. The summed E-state index contributed by atoms with van der Waals surface area (Å²) in [7, 11) is 0. The van der Waals surface area contributed by atoms with E-state index in [1.807, 2.05) is 22.8 Å².